The van der Waals surface area contributed by atoms with Crippen LogP contribution in [0.4, 0.5) is 0 Å². The van der Waals surface area contributed by atoms with Crippen LogP contribution in [0.3, 0.4) is 0 Å². The molecule has 0 fully saturated rings. The lowest BCUT2D eigenvalue weighted by molar-refractivity contribution is -0.142. The van der Waals surface area contributed by atoms with Crippen LogP contribution in [0.5, 0.6) is 0 Å². The van der Waals surface area contributed by atoms with Crippen molar-refractivity contribution in [1.82, 2.24) is 16.0 Å². The Morgan fingerprint density at radius 3 is 2.06 bits per heavy atom. The number of thiol groups is 1. The van der Waals surface area contributed by atoms with Crippen molar-refractivity contribution in [3.8, 4) is 0 Å². The number of nitrogens with two attached hydrogens (primary N) is 2. The van der Waals surface area contributed by atoms with E-state index in [2.05, 4.69) is 28.6 Å². The third-order valence-corrected chi connectivity index (χ3v) is 4.59. The second-order valence-corrected chi connectivity index (χ2v) is 7.21. The maximum Gasteiger partial charge on any atom is 0.326 e. The molecule has 1 aromatic carbocycles. The predicted molar refractivity (Wildman–Crippen MR) is 115 cm³/mol. The van der Waals surface area contributed by atoms with Crippen LogP contribution in [0, 0.1) is 0 Å². The number of amides is 4. The fourth-order valence-corrected chi connectivity index (χ4v) is 2.77. The van der Waals surface area contributed by atoms with Crippen molar-refractivity contribution in [2.24, 2.45) is 11.5 Å². The molecular formula is C19H27N5O6S. The molecule has 4 unspecified atom stereocenters. The van der Waals surface area contributed by atoms with Crippen LogP contribution in [-0.2, 0) is 30.4 Å². The number of hydrogen-bond acceptors (Lipinski definition) is 7. The Labute approximate surface area is 184 Å². The molecule has 1 rings (SSSR count). The summed E-state index contributed by atoms with van der Waals surface area (Å²) in [6.07, 6.45) is -0.334. The van der Waals surface area contributed by atoms with Crippen LogP contribution < -0.4 is 27.4 Å². The average Bonchev–Trinajstić information content (AvgIpc) is 2.71. The van der Waals surface area contributed by atoms with Crippen LogP contribution in [0.2, 0.25) is 0 Å². The molecule has 0 spiro atoms. The van der Waals surface area contributed by atoms with Gasteiger partial charge >= 0.3 is 5.97 Å². The Morgan fingerprint density at radius 2 is 1.55 bits per heavy atom. The first-order chi connectivity index (χ1) is 14.5. The standard InChI is InChI=1S/C19H27N5O6S/c1-10(16(26)23-13(19(29)30)7-11-5-3-2-4-6-11)22-18(28)14(9-31)24-17(27)12(20)8-15(21)25/h2-6,10,12-14,31H,7-9,20H2,1H3,(H2,21,25)(H,22,28)(H,23,26)(H,24,27)(H,29,30). The summed E-state index contributed by atoms with van der Waals surface area (Å²) in [6, 6.07) is 4.09. The zero-order valence-electron chi connectivity index (χ0n) is 16.9. The van der Waals surface area contributed by atoms with E-state index >= 15 is 0 Å². The summed E-state index contributed by atoms with van der Waals surface area (Å²) in [5.41, 5.74) is 11.2. The summed E-state index contributed by atoms with van der Waals surface area (Å²) >= 11 is 3.99. The molecular weight excluding hydrogens is 426 g/mol. The Kier molecular flexibility index (Phi) is 10.5. The molecule has 170 valence electrons. The molecule has 0 radical (unpaired) electrons. The van der Waals surface area contributed by atoms with E-state index in [0.717, 1.165) is 5.56 Å². The number of aliphatic carboxylic acids is 1. The monoisotopic (exact) mass is 453 g/mol. The molecule has 1 aromatic rings. The van der Waals surface area contributed by atoms with E-state index in [-0.39, 0.29) is 12.2 Å². The molecule has 0 aliphatic carbocycles. The fraction of sp³-hybridized carbons (Fsp3) is 0.421. The van der Waals surface area contributed by atoms with E-state index in [1.807, 2.05) is 0 Å². The summed E-state index contributed by atoms with van der Waals surface area (Å²) in [7, 11) is 0. The number of carboxylic acid groups (broad SMARTS) is 1. The molecule has 31 heavy (non-hydrogen) atoms. The smallest absolute Gasteiger partial charge is 0.326 e. The van der Waals surface area contributed by atoms with Gasteiger partial charge in [0.15, 0.2) is 0 Å². The van der Waals surface area contributed by atoms with E-state index in [0.29, 0.717) is 0 Å². The minimum atomic E-state index is -1.23. The van der Waals surface area contributed by atoms with Gasteiger partial charge in [-0.15, -0.1) is 0 Å². The molecule has 4 atom stereocenters. The molecule has 0 saturated heterocycles. The summed E-state index contributed by atoms with van der Waals surface area (Å²) in [5, 5.41) is 16.5. The molecule has 11 nitrogen and oxygen atoms in total. The first-order valence-corrected chi connectivity index (χ1v) is 10.0. The van der Waals surface area contributed by atoms with Gasteiger partial charge < -0.3 is 32.5 Å². The highest BCUT2D eigenvalue weighted by Gasteiger charge is 2.28. The van der Waals surface area contributed by atoms with Gasteiger partial charge in [-0.05, 0) is 12.5 Å². The number of carbonyl (C=O) groups excluding carboxylic acids is 4. The van der Waals surface area contributed by atoms with Gasteiger partial charge in [-0.25, -0.2) is 4.79 Å². The van der Waals surface area contributed by atoms with Gasteiger partial charge in [0.1, 0.15) is 18.1 Å². The van der Waals surface area contributed by atoms with Gasteiger partial charge in [0.2, 0.25) is 23.6 Å². The molecule has 0 aliphatic rings. The van der Waals surface area contributed by atoms with Crippen molar-refractivity contribution in [3.63, 3.8) is 0 Å². The maximum atomic E-state index is 12.4. The van der Waals surface area contributed by atoms with Gasteiger partial charge in [-0.3, -0.25) is 19.2 Å². The number of nitrogens with one attached hydrogen (secondary N) is 3. The van der Waals surface area contributed by atoms with Crippen molar-refractivity contribution >= 4 is 42.2 Å². The summed E-state index contributed by atoms with van der Waals surface area (Å²) < 4.78 is 0. The second kappa shape index (κ2) is 12.5. The van der Waals surface area contributed by atoms with Crippen molar-refractivity contribution in [3.05, 3.63) is 35.9 Å². The normalized spacial score (nSPS) is 14.4. The Bertz CT molecular complexity index is 806. The zero-order valence-corrected chi connectivity index (χ0v) is 17.8. The van der Waals surface area contributed by atoms with Crippen LogP contribution in [0.25, 0.3) is 0 Å². The lowest BCUT2D eigenvalue weighted by Crippen LogP contribution is -2.57. The summed E-state index contributed by atoms with van der Waals surface area (Å²) in [5.74, 6) is -4.33. The topological polar surface area (TPSA) is 194 Å². The maximum absolute atomic E-state index is 12.4. The van der Waals surface area contributed by atoms with Gasteiger partial charge in [-0.2, -0.15) is 12.6 Å². The number of rotatable bonds is 12. The third-order valence-electron chi connectivity index (χ3n) is 4.22. The molecule has 0 aromatic heterocycles. The van der Waals surface area contributed by atoms with E-state index in [9.17, 15) is 29.1 Å². The molecule has 0 bridgehead atoms. The summed E-state index contributed by atoms with van der Waals surface area (Å²) in [6.45, 7) is 1.37. The van der Waals surface area contributed by atoms with Crippen molar-refractivity contribution in [2.45, 2.75) is 43.9 Å². The van der Waals surface area contributed by atoms with E-state index < -0.39 is 60.2 Å². The fourth-order valence-electron chi connectivity index (χ4n) is 2.51. The second-order valence-electron chi connectivity index (χ2n) is 6.84. The van der Waals surface area contributed by atoms with Crippen molar-refractivity contribution in [1.29, 1.82) is 0 Å². The molecule has 12 heteroatoms. The Morgan fingerprint density at radius 1 is 0.968 bits per heavy atom. The first kappa shape index (κ1) is 25.9. The minimum absolute atomic E-state index is 0.0651. The first-order valence-electron chi connectivity index (χ1n) is 9.37. The van der Waals surface area contributed by atoms with Gasteiger partial charge in [0.05, 0.1) is 12.5 Å². The van der Waals surface area contributed by atoms with E-state index in [1.54, 1.807) is 30.3 Å². The average molecular weight is 454 g/mol. The predicted octanol–water partition coefficient (Wildman–Crippen LogP) is -2.08. The van der Waals surface area contributed by atoms with Gasteiger partial charge in [0.25, 0.3) is 0 Å². The minimum Gasteiger partial charge on any atom is -0.480 e. The Hall–Kier alpha value is -3.12. The quantitative estimate of drug-likeness (QED) is 0.176. The molecule has 0 aliphatic heterocycles. The van der Waals surface area contributed by atoms with Gasteiger partial charge in [-0.1, -0.05) is 30.3 Å². The largest absolute Gasteiger partial charge is 0.480 e. The highest BCUT2D eigenvalue weighted by molar-refractivity contribution is 7.80. The van der Waals surface area contributed by atoms with E-state index in [4.69, 9.17) is 11.5 Å². The van der Waals surface area contributed by atoms with Crippen LogP contribution in [0.15, 0.2) is 30.3 Å². The number of primary amides is 1. The molecule has 0 heterocycles. The van der Waals surface area contributed by atoms with Crippen LogP contribution in [0.1, 0.15) is 18.9 Å². The lowest BCUT2D eigenvalue weighted by Gasteiger charge is -2.22. The highest BCUT2D eigenvalue weighted by Crippen LogP contribution is 2.04. The summed E-state index contributed by atoms with van der Waals surface area (Å²) in [4.78, 5) is 59.1. The van der Waals surface area contributed by atoms with Crippen molar-refractivity contribution < 1.29 is 29.1 Å². The highest BCUT2D eigenvalue weighted by atomic mass is 32.1. The van der Waals surface area contributed by atoms with Crippen LogP contribution in [-0.4, -0.2) is 64.6 Å². The third kappa shape index (κ3) is 9.05. The molecule has 0 saturated carbocycles. The number of hydrogen-bond donors (Lipinski definition) is 7. The number of carboxylic acids is 1. The number of benzene rings is 1. The molecule has 8 N–H and O–H groups in total. The van der Waals surface area contributed by atoms with Crippen LogP contribution >= 0.6 is 12.6 Å². The van der Waals surface area contributed by atoms with Gasteiger partial charge in [0, 0.05) is 12.2 Å². The van der Waals surface area contributed by atoms with Crippen molar-refractivity contribution in [2.75, 3.05) is 5.75 Å². The van der Waals surface area contributed by atoms with E-state index in [1.165, 1.54) is 6.92 Å². The molecule has 4 amide bonds. The number of carbonyl (C=O) groups is 5. The zero-order chi connectivity index (χ0) is 23.6. The Balaban J connectivity index is 2.67. The lowest BCUT2D eigenvalue weighted by atomic mass is 10.1. The SMILES string of the molecule is CC(NC(=O)C(CS)NC(=O)C(N)CC(N)=O)C(=O)NC(Cc1ccccc1)C(=O)O.